The third-order valence-corrected chi connectivity index (χ3v) is 5.19. The molecule has 0 saturated heterocycles. The molecule has 0 N–H and O–H groups in total. The Balaban J connectivity index is 3.64. The second-order valence-electron chi connectivity index (χ2n) is 11.1. The SMILES string of the molecule is CC(C)(C)c1cc(C=NO[Si](C)(C)C)c(O[Si](C)(C)C)c(C(C)(C)C)c1. The Morgan fingerprint density at radius 2 is 1.35 bits per heavy atom. The molecule has 5 heteroatoms. The van der Waals surface area contributed by atoms with Crippen molar-refractivity contribution in [3.8, 4) is 5.75 Å². The van der Waals surface area contributed by atoms with Gasteiger partial charge >= 0.3 is 0 Å². The average Bonchev–Trinajstić information content (AvgIpc) is 2.34. The van der Waals surface area contributed by atoms with Crippen LogP contribution in [0.25, 0.3) is 0 Å². The van der Waals surface area contributed by atoms with Crippen LogP contribution in [0.1, 0.15) is 58.2 Å². The standard InChI is InChI=1S/C21H39NO2Si2/c1-20(2,3)17-13-16(15-22-24-26(10,11)12)19(23-25(7,8)9)18(14-17)21(4,5)6/h13-15H,1-12H3. The molecule has 148 valence electrons. The summed E-state index contributed by atoms with van der Waals surface area (Å²) in [5, 5.41) is 4.32. The van der Waals surface area contributed by atoms with Crippen LogP contribution in [0, 0.1) is 0 Å². The molecule has 0 aliphatic rings. The number of hydrogen-bond donors (Lipinski definition) is 0. The molecule has 0 amide bonds. The highest BCUT2D eigenvalue weighted by atomic mass is 28.4. The summed E-state index contributed by atoms with van der Waals surface area (Å²) in [7, 11) is -3.48. The maximum Gasteiger partial charge on any atom is 0.278 e. The maximum absolute atomic E-state index is 6.54. The van der Waals surface area contributed by atoms with Gasteiger partial charge in [-0.1, -0.05) is 47.6 Å². The molecule has 0 spiro atoms. The van der Waals surface area contributed by atoms with Crippen LogP contribution in [0.2, 0.25) is 39.3 Å². The second kappa shape index (κ2) is 7.51. The van der Waals surface area contributed by atoms with Gasteiger partial charge in [0.1, 0.15) is 5.75 Å². The minimum atomic E-state index is -1.77. The topological polar surface area (TPSA) is 30.8 Å². The predicted molar refractivity (Wildman–Crippen MR) is 120 cm³/mol. The smallest absolute Gasteiger partial charge is 0.278 e. The normalized spacial score (nSPS) is 14.0. The summed E-state index contributed by atoms with van der Waals surface area (Å²) in [5.41, 5.74) is 3.59. The van der Waals surface area contributed by atoms with Crippen LogP contribution in [0.3, 0.4) is 0 Å². The Bertz CT molecular complexity index is 655. The van der Waals surface area contributed by atoms with E-state index in [4.69, 9.17) is 8.95 Å². The molecular weight excluding hydrogens is 354 g/mol. The van der Waals surface area contributed by atoms with E-state index in [0.29, 0.717) is 0 Å². The van der Waals surface area contributed by atoms with Gasteiger partial charge < -0.3 is 8.95 Å². The molecule has 0 aromatic heterocycles. The lowest BCUT2D eigenvalue weighted by molar-refractivity contribution is 0.338. The molecule has 0 radical (unpaired) electrons. The van der Waals surface area contributed by atoms with Crippen molar-refractivity contribution in [3.63, 3.8) is 0 Å². The van der Waals surface area contributed by atoms with E-state index in [9.17, 15) is 0 Å². The van der Waals surface area contributed by atoms with Crippen LogP contribution < -0.4 is 4.43 Å². The third-order valence-electron chi connectivity index (χ3n) is 3.72. The average molecular weight is 394 g/mol. The lowest BCUT2D eigenvalue weighted by Gasteiger charge is -2.31. The fourth-order valence-corrected chi connectivity index (χ4v) is 3.61. The Hall–Kier alpha value is -1.08. The van der Waals surface area contributed by atoms with Gasteiger partial charge in [-0.25, -0.2) is 0 Å². The first-order chi connectivity index (χ1) is 11.4. The summed E-state index contributed by atoms with van der Waals surface area (Å²) in [6.07, 6.45) is 1.85. The molecule has 0 bridgehead atoms. The van der Waals surface area contributed by atoms with Crippen LogP contribution in [0.15, 0.2) is 17.3 Å². The van der Waals surface area contributed by atoms with Crippen LogP contribution in [-0.4, -0.2) is 22.8 Å². The van der Waals surface area contributed by atoms with Gasteiger partial charge in [-0.2, -0.15) is 0 Å². The lowest BCUT2D eigenvalue weighted by Crippen LogP contribution is -2.32. The van der Waals surface area contributed by atoms with E-state index in [1.807, 2.05) is 6.21 Å². The molecule has 0 aliphatic heterocycles. The first-order valence-electron chi connectivity index (χ1n) is 9.50. The van der Waals surface area contributed by atoms with Crippen molar-refractivity contribution in [2.24, 2.45) is 5.16 Å². The second-order valence-corrected chi connectivity index (χ2v) is 19.9. The molecule has 0 saturated carbocycles. The van der Waals surface area contributed by atoms with E-state index in [1.165, 1.54) is 11.1 Å². The van der Waals surface area contributed by atoms with Crippen molar-refractivity contribution in [1.29, 1.82) is 0 Å². The highest BCUT2D eigenvalue weighted by molar-refractivity contribution is 6.70. The lowest BCUT2D eigenvalue weighted by atomic mass is 9.79. The van der Waals surface area contributed by atoms with E-state index in [0.717, 1.165) is 11.3 Å². The first-order valence-corrected chi connectivity index (χ1v) is 16.3. The van der Waals surface area contributed by atoms with Crippen molar-refractivity contribution >= 4 is 22.8 Å². The van der Waals surface area contributed by atoms with Crippen molar-refractivity contribution in [1.82, 2.24) is 0 Å². The van der Waals surface area contributed by atoms with E-state index in [1.54, 1.807) is 0 Å². The molecule has 0 aliphatic carbocycles. The van der Waals surface area contributed by atoms with Crippen molar-refractivity contribution in [2.75, 3.05) is 0 Å². The van der Waals surface area contributed by atoms with E-state index in [2.05, 4.69) is 98.1 Å². The van der Waals surface area contributed by atoms with Crippen LogP contribution >= 0.6 is 0 Å². The molecule has 0 unspecified atom stereocenters. The zero-order valence-electron chi connectivity index (χ0n) is 19.0. The summed E-state index contributed by atoms with van der Waals surface area (Å²) >= 11 is 0. The summed E-state index contributed by atoms with van der Waals surface area (Å²) in [6, 6.07) is 4.52. The summed E-state index contributed by atoms with van der Waals surface area (Å²) < 4.78 is 12.3. The fourth-order valence-electron chi connectivity index (χ4n) is 2.40. The Morgan fingerprint density at radius 1 is 0.808 bits per heavy atom. The Kier molecular flexibility index (Phi) is 6.63. The van der Waals surface area contributed by atoms with Crippen LogP contribution in [-0.2, 0) is 15.4 Å². The Morgan fingerprint density at radius 3 is 1.73 bits per heavy atom. The fraction of sp³-hybridized carbons (Fsp3) is 0.667. The van der Waals surface area contributed by atoms with Gasteiger partial charge in [0.15, 0.2) is 0 Å². The maximum atomic E-state index is 6.54. The van der Waals surface area contributed by atoms with Gasteiger partial charge in [-0.15, -0.1) is 5.16 Å². The molecular formula is C21H39NO2Si2. The van der Waals surface area contributed by atoms with Crippen molar-refractivity contribution in [3.05, 3.63) is 28.8 Å². The summed E-state index contributed by atoms with van der Waals surface area (Å²) in [4.78, 5) is 0. The predicted octanol–water partition coefficient (Wildman–Crippen LogP) is 6.68. The van der Waals surface area contributed by atoms with Gasteiger partial charge in [-0.3, -0.25) is 0 Å². The molecule has 0 heterocycles. The van der Waals surface area contributed by atoms with Gasteiger partial charge in [0.25, 0.3) is 8.32 Å². The zero-order chi connectivity index (χ0) is 20.6. The van der Waals surface area contributed by atoms with Gasteiger partial charge in [-0.05, 0) is 67.3 Å². The molecule has 1 aromatic rings. The van der Waals surface area contributed by atoms with E-state index in [-0.39, 0.29) is 10.8 Å². The number of hydrogen-bond acceptors (Lipinski definition) is 3. The number of oxime groups is 1. The van der Waals surface area contributed by atoms with E-state index >= 15 is 0 Å². The summed E-state index contributed by atoms with van der Waals surface area (Å²) in [6.45, 7) is 26.5. The summed E-state index contributed by atoms with van der Waals surface area (Å²) in [5.74, 6) is 0.965. The molecule has 1 aromatic carbocycles. The van der Waals surface area contributed by atoms with E-state index < -0.39 is 16.6 Å². The zero-order valence-corrected chi connectivity index (χ0v) is 21.0. The van der Waals surface area contributed by atoms with Gasteiger partial charge in [0.05, 0.1) is 6.21 Å². The first kappa shape index (κ1) is 23.0. The van der Waals surface area contributed by atoms with Crippen molar-refractivity contribution < 1.29 is 8.95 Å². The number of nitrogens with zero attached hydrogens (tertiary/aromatic N) is 1. The molecule has 0 fully saturated rings. The molecule has 26 heavy (non-hydrogen) atoms. The Labute approximate surface area is 163 Å². The number of rotatable bonds is 5. The highest BCUT2D eigenvalue weighted by Gasteiger charge is 2.28. The minimum absolute atomic E-state index is 0.0154. The largest absolute Gasteiger partial charge is 0.544 e. The van der Waals surface area contributed by atoms with Gasteiger partial charge in [0, 0.05) is 5.56 Å². The monoisotopic (exact) mass is 393 g/mol. The number of benzene rings is 1. The van der Waals surface area contributed by atoms with Gasteiger partial charge in [0.2, 0.25) is 8.32 Å². The minimum Gasteiger partial charge on any atom is -0.544 e. The molecule has 1 rings (SSSR count). The highest BCUT2D eigenvalue weighted by Crippen LogP contribution is 2.39. The van der Waals surface area contributed by atoms with Crippen LogP contribution in [0.5, 0.6) is 5.75 Å². The van der Waals surface area contributed by atoms with Crippen molar-refractivity contribution in [2.45, 2.75) is 91.7 Å². The van der Waals surface area contributed by atoms with Crippen LogP contribution in [0.4, 0.5) is 0 Å². The quantitative estimate of drug-likeness (QED) is 0.317. The third kappa shape index (κ3) is 7.27. The molecule has 0 atom stereocenters. The molecule has 3 nitrogen and oxygen atoms in total.